The molecular weight excluding hydrogens is 296 g/mol. The molecule has 0 atom stereocenters. The number of anilines is 1. The molecule has 0 aromatic carbocycles. The van der Waals surface area contributed by atoms with Crippen molar-refractivity contribution in [2.75, 3.05) is 31.8 Å². The molecule has 8 heteroatoms. The van der Waals surface area contributed by atoms with E-state index < -0.39 is 10.0 Å². The fourth-order valence-electron chi connectivity index (χ4n) is 2.51. The summed E-state index contributed by atoms with van der Waals surface area (Å²) < 4.78 is 24.9. The van der Waals surface area contributed by atoms with Crippen molar-refractivity contribution in [1.29, 1.82) is 0 Å². The van der Waals surface area contributed by atoms with Gasteiger partial charge in [-0.1, -0.05) is 0 Å². The Labute approximate surface area is 122 Å². The van der Waals surface area contributed by atoms with E-state index in [9.17, 15) is 8.42 Å². The second-order valence-electron chi connectivity index (χ2n) is 5.12. The number of thiophene rings is 1. The molecule has 0 aliphatic carbocycles. The van der Waals surface area contributed by atoms with Crippen LogP contribution in [0.4, 0.5) is 5.82 Å². The van der Waals surface area contributed by atoms with Crippen molar-refractivity contribution in [2.24, 2.45) is 0 Å². The third-order valence-electron chi connectivity index (χ3n) is 3.47. The highest BCUT2D eigenvalue weighted by Crippen LogP contribution is 2.38. The maximum absolute atomic E-state index is 11.7. The maximum atomic E-state index is 11.7. The van der Waals surface area contributed by atoms with Crippen LogP contribution in [0, 0.1) is 0 Å². The van der Waals surface area contributed by atoms with E-state index in [1.54, 1.807) is 17.7 Å². The van der Waals surface area contributed by atoms with Gasteiger partial charge in [0.05, 0.1) is 11.6 Å². The zero-order valence-corrected chi connectivity index (χ0v) is 13.3. The van der Waals surface area contributed by atoms with E-state index in [1.807, 2.05) is 19.0 Å². The van der Waals surface area contributed by atoms with Crippen molar-refractivity contribution in [3.63, 3.8) is 0 Å². The van der Waals surface area contributed by atoms with E-state index in [-0.39, 0.29) is 0 Å². The first kappa shape index (κ1) is 13.7. The summed E-state index contributed by atoms with van der Waals surface area (Å²) in [5.41, 5.74) is 1.20. The molecule has 0 unspecified atom stereocenters. The van der Waals surface area contributed by atoms with Crippen LogP contribution in [0.1, 0.15) is 10.4 Å². The van der Waals surface area contributed by atoms with E-state index >= 15 is 0 Å². The van der Waals surface area contributed by atoms with Crippen LogP contribution < -0.4 is 4.90 Å². The minimum atomic E-state index is -3.14. The molecular formula is C12H16N4O2S2. The van der Waals surface area contributed by atoms with E-state index in [1.165, 1.54) is 16.1 Å². The highest BCUT2D eigenvalue weighted by atomic mass is 32.2. The van der Waals surface area contributed by atoms with Gasteiger partial charge in [0.15, 0.2) is 0 Å². The SMILES string of the molecule is CN(C)c1ncnc2sc3c(c12)CCN(S(C)(=O)=O)C3. The van der Waals surface area contributed by atoms with Gasteiger partial charge < -0.3 is 4.90 Å². The number of fused-ring (bicyclic) bond motifs is 3. The lowest BCUT2D eigenvalue weighted by Gasteiger charge is -2.24. The molecule has 3 heterocycles. The van der Waals surface area contributed by atoms with Crippen LogP contribution in [0.25, 0.3) is 10.2 Å². The standard InChI is InChI=1S/C12H16N4O2S2/c1-15(2)11-10-8-4-5-16(20(3,17)18)6-9(8)19-12(10)14-7-13-11/h7H,4-6H2,1-3H3. The first-order valence-electron chi connectivity index (χ1n) is 6.25. The fourth-order valence-corrected chi connectivity index (χ4v) is 4.58. The molecule has 20 heavy (non-hydrogen) atoms. The van der Waals surface area contributed by atoms with Crippen molar-refractivity contribution in [2.45, 2.75) is 13.0 Å². The second-order valence-corrected chi connectivity index (χ2v) is 8.19. The van der Waals surface area contributed by atoms with E-state index in [0.29, 0.717) is 13.1 Å². The minimum absolute atomic E-state index is 0.446. The monoisotopic (exact) mass is 312 g/mol. The van der Waals surface area contributed by atoms with Gasteiger partial charge >= 0.3 is 0 Å². The minimum Gasteiger partial charge on any atom is -0.362 e. The van der Waals surface area contributed by atoms with Crippen LogP contribution in [0.15, 0.2) is 6.33 Å². The van der Waals surface area contributed by atoms with Crippen LogP contribution in [0.3, 0.4) is 0 Å². The van der Waals surface area contributed by atoms with Gasteiger partial charge in [0, 0.05) is 32.1 Å². The van der Waals surface area contributed by atoms with Crippen molar-refractivity contribution in [3.8, 4) is 0 Å². The lowest BCUT2D eigenvalue weighted by atomic mass is 10.1. The van der Waals surface area contributed by atoms with Gasteiger partial charge in [-0.15, -0.1) is 11.3 Å². The number of hydrogen-bond donors (Lipinski definition) is 0. The first-order chi connectivity index (χ1) is 9.38. The summed E-state index contributed by atoms with van der Waals surface area (Å²) in [6.07, 6.45) is 3.54. The summed E-state index contributed by atoms with van der Waals surface area (Å²) in [6.45, 7) is 0.974. The number of nitrogens with zero attached hydrogens (tertiary/aromatic N) is 4. The number of sulfonamides is 1. The average molecular weight is 312 g/mol. The van der Waals surface area contributed by atoms with Gasteiger partial charge in [-0.2, -0.15) is 4.31 Å². The quantitative estimate of drug-likeness (QED) is 0.830. The number of rotatable bonds is 2. The average Bonchev–Trinajstić information content (AvgIpc) is 2.74. The Bertz CT molecular complexity index is 767. The maximum Gasteiger partial charge on any atom is 0.211 e. The zero-order chi connectivity index (χ0) is 14.5. The molecule has 0 amide bonds. The van der Waals surface area contributed by atoms with E-state index in [2.05, 4.69) is 9.97 Å². The predicted octanol–water partition coefficient (Wildman–Crippen LogP) is 1.08. The van der Waals surface area contributed by atoms with Gasteiger partial charge in [-0.25, -0.2) is 18.4 Å². The van der Waals surface area contributed by atoms with Crippen LogP contribution in [0.5, 0.6) is 0 Å². The highest BCUT2D eigenvalue weighted by molar-refractivity contribution is 7.88. The Morgan fingerprint density at radius 3 is 2.75 bits per heavy atom. The molecule has 1 aliphatic rings. The molecule has 0 fully saturated rings. The largest absolute Gasteiger partial charge is 0.362 e. The molecule has 6 nitrogen and oxygen atoms in total. The third-order valence-corrected chi connectivity index (χ3v) is 5.85. The zero-order valence-electron chi connectivity index (χ0n) is 11.6. The second kappa shape index (κ2) is 4.64. The van der Waals surface area contributed by atoms with Crippen molar-refractivity contribution in [3.05, 3.63) is 16.8 Å². The van der Waals surface area contributed by atoms with Gasteiger partial charge in [-0.05, 0) is 12.0 Å². The predicted molar refractivity (Wildman–Crippen MR) is 80.7 cm³/mol. The number of hydrogen-bond acceptors (Lipinski definition) is 6. The summed E-state index contributed by atoms with van der Waals surface area (Å²) in [7, 11) is 0.773. The van der Waals surface area contributed by atoms with Crippen molar-refractivity contribution >= 4 is 37.4 Å². The molecule has 1 aliphatic heterocycles. The Kier molecular flexibility index (Phi) is 3.19. The third kappa shape index (κ3) is 2.17. The molecule has 0 saturated heterocycles. The first-order valence-corrected chi connectivity index (χ1v) is 8.92. The van der Waals surface area contributed by atoms with Crippen LogP contribution in [-0.4, -0.2) is 49.6 Å². The van der Waals surface area contributed by atoms with E-state index in [0.717, 1.165) is 27.3 Å². The summed E-state index contributed by atoms with van der Waals surface area (Å²) in [5.74, 6) is 0.903. The van der Waals surface area contributed by atoms with Crippen molar-refractivity contribution < 1.29 is 8.42 Å². The lowest BCUT2D eigenvalue weighted by Crippen LogP contribution is -2.34. The van der Waals surface area contributed by atoms with Gasteiger partial charge in [0.25, 0.3) is 0 Å². The van der Waals surface area contributed by atoms with Crippen molar-refractivity contribution in [1.82, 2.24) is 14.3 Å². The topological polar surface area (TPSA) is 66.4 Å². The molecule has 108 valence electrons. The molecule has 0 radical (unpaired) electrons. The Hall–Kier alpha value is -1.25. The summed E-state index contributed by atoms with van der Waals surface area (Å²) in [4.78, 5) is 12.7. The molecule has 2 aromatic rings. The highest BCUT2D eigenvalue weighted by Gasteiger charge is 2.28. The molecule has 0 N–H and O–H groups in total. The van der Waals surface area contributed by atoms with Crippen LogP contribution >= 0.6 is 11.3 Å². The molecule has 0 spiro atoms. The summed E-state index contributed by atoms with van der Waals surface area (Å²) in [5, 5.41) is 1.07. The molecule has 0 bridgehead atoms. The lowest BCUT2D eigenvalue weighted by molar-refractivity contribution is 0.400. The number of aromatic nitrogens is 2. The normalized spacial score (nSPS) is 16.4. The summed E-state index contributed by atoms with van der Waals surface area (Å²) in [6, 6.07) is 0. The van der Waals surface area contributed by atoms with Gasteiger partial charge in [0.1, 0.15) is 17.0 Å². The Morgan fingerprint density at radius 1 is 1.35 bits per heavy atom. The molecule has 3 rings (SSSR count). The molecule has 2 aromatic heterocycles. The fraction of sp³-hybridized carbons (Fsp3) is 0.500. The smallest absolute Gasteiger partial charge is 0.211 e. The summed E-state index contributed by atoms with van der Waals surface area (Å²) >= 11 is 1.57. The van der Waals surface area contributed by atoms with Crippen LogP contribution in [0.2, 0.25) is 0 Å². The van der Waals surface area contributed by atoms with Gasteiger partial charge in [-0.3, -0.25) is 0 Å². The molecule has 0 saturated carbocycles. The van der Waals surface area contributed by atoms with Crippen LogP contribution in [-0.2, 0) is 23.0 Å². The van der Waals surface area contributed by atoms with Gasteiger partial charge in [0.2, 0.25) is 10.0 Å². The Balaban J connectivity index is 2.15. The van der Waals surface area contributed by atoms with E-state index in [4.69, 9.17) is 0 Å². The Morgan fingerprint density at radius 2 is 2.10 bits per heavy atom.